The number of amides is 2. The van der Waals surface area contributed by atoms with E-state index in [1.54, 1.807) is 24.1 Å². The maximum atomic E-state index is 12.3. The van der Waals surface area contributed by atoms with Crippen molar-refractivity contribution in [3.8, 4) is 0 Å². The van der Waals surface area contributed by atoms with Crippen molar-refractivity contribution >= 4 is 21.7 Å². The number of likely N-dealkylation sites (tertiary alicyclic amines) is 1. The van der Waals surface area contributed by atoms with Crippen molar-refractivity contribution in [2.24, 2.45) is 5.92 Å². The first kappa shape index (κ1) is 17.5. The molecule has 1 N–H and O–H groups in total. The summed E-state index contributed by atoms with van der Waals surface area (Å²) < 4.78 is 22.9. The Morgan fingerprint density at radius 1 is 1.30 bits per heavy atom. The molecule has 0 unspecified atom stereocenters. The number of sulfone groups is 1. The number of rotatable bonds is 4. The van der Waals surface area contributed by atoms with Crippen LogP contribution < -0.4 is 5.32 Å². The lowest BCUT2D eigenvalue weighted by Crippen LogP contribution is -2.42. The molecule has 2 atom stereocenters. The van der Waals surface area contributed by atoms with E-state index in [1.807, 2.05) is 6.92 Å². The molecule has 2 amide bonds. The summed E-state index contributed by atoms with van der Waals surface area (Å²) in [6, 6.07) is 6.21. The molecule has 0 spiro atoms. The van der Waals surface area contributed by atoms with Crippen LogP contribution in [0.5, 0.6) is 0 Å². The van der Waals surface area contributed by atoms with Gasteiger partial charge in [-0.2, -0.15) is 0 Å². The van der Waals surface area contributed by atoms with Crippen molar-refractivity contribution in [1.29, 1.82) is 0 Å². The van der Waals surface area contributed by atoms with E-state index in [4.69, 9.17) is 0 Å². The SMILES string of the molecule is C[C@H](NC(=O)[C@@H]1CCN(C)C(=O)C1)c1ccc(S(C)(=O)=O)cc1. The monoisotopic (exact) mass is 338 g/mol. The molecule has 1 fully saturated rings. The summed E-state index contributed by atoms with van der Waals surface area (Å²) in [7, 11) is -1.49. The summed E-state index contributed by atoms with van der Waals surface area (Å²) in [4.78, 5) is 25.9. The lowest BCUT2D eigenvalue weighted by molar-refractivity contribution is -0.139. The molecule has 0 radical (unpaired) electrons. The Balaban J connectivity index is 2.00. The van der Waals surface area contributed by atoms with Crippen molar-refractivity contribution < 1.29 is 18.0 Å². The van der Waals surface area contributed by atoms with Crippen molar-refractivity contribution in [1.82, 2.24) is 10.2 Å². The normalized spacial score (nSPS) is 20.2. The summed E-state index contributed by atoms with van der Waals surface area (Å²) in [6.45, 7) is 2.43. The molecule has 6 nitrogen and oxygen atoms in total. The highest BCUT2D eigenvalue weighted by Crippen LogP contribution is 2.20. The van der Waals surface area contributed by atoms with Gasteiger partial charge in [0.15, 0.2) is 9.84 Å². The van der Waals surface area contributed by atoms with Crippen LogP contribution in [0.25, 0.3) is 0 Å². The number of piperidine rings is 1. The molecule has 1 aliphatic heterocycles. The zero-order chi connectivity index (χ0) is 17.2. The van der Waals surface area contributed by atoms with Crippen LogP contribution in [0.3, 0.4) is 0 Å². The number of benzene rings is 1. The third-order valence-electron chi connectivity index (χ3n) is 4.20. The molecule has 23 heavy (non-hydrogen) atoms. The molecule has 1 saturated heterocycles. The Bertz CT molecular complexity index is 697. The number of hydrogen-bond donors (Lipinski definition) is 1. The fourth-order valence-electron chi connectivity index (χ4n) is 2.58. The number of nitrogens with one attached hydrogen (secondary N) is 1. The standard InChI is InChI=1S/C16H22N2O4S/c1-11(12-4-6-14(7-5-12)23(3,21)22)17-16(20)13-8-9-18(2)15(19)10-13/h4-7,11,13H,8-10H2,1-3H3,(H,17,20)/t11-,13+/m0/s1. The summed E-state index contributed by atoms with van der Waals surface area (Å²) in [5, 5.41) is 2.90. The third kappa shape index (κ3) is 4.31. The zero-order valence-electron chi connectivity index (χ0n) is 13.6. The molecule has 126 valence electrons. The summed E-state index contributed by atoms with van der Waals surface area (Å²) >= 11 is 0. The largest absolute Gasteiger partial charge is 0.349 e. The second-order valence-corrected chi connectivity index (χ2v) is 8.09. The minimum Gasteiger partial charge on any atom is -0.349 e. The summed E-state index contributed by atoms with van der Waals surface area (Å²) in [6.07, 6.45) is 2.06. The van der Waals surface area contributed by atoms with Gasteiger partial charge in [-0.05, 0) is 31.0 Å². The highest BCUT2D eigenvalue weighted by atomic mass is 32.2. The first-order valence-corrected chi connectivity index (χ1v) is 9.42. The van der Waals surface area contributed by atoms with Gasteiger partial charge in [0, 0.05) is 32.2 Å². The number of carbonyl (C=O) groups excluding carboxylic acids is 2. The Morgan fingerprint density at radius 3 is 2.43 bits per heavy atom. The van der Waals surface area contributed by atoms with E-state index >= 15 is 0 Å². The second kappa shape index (κ2) is 6.70. The lowest BCUT2D eigenvalue weighted by atomic mass is 9.95. The molecular weight excluding hydrogens is 316 g/mol. The Labute approximate surface area is 136 Å². The van der Waals surface area contributed by atoms with Crippen LogP contribution in [0.2, 0.25) is 0 Å². The van der Waals surface area contributed by atoms with Crippen molar-refractivity contribution in [3.05, 3.63) is 29.8 Å². The fraction of sp³-hybridized carbons (Fsp3) is 0.500. The number of nitrogens with zero attached hydrogens (tertiary/aromatic N) is 1. The number of hydrogen-bond acceptors (Lipinski definition) is 4. The van der Waals surface area contributed by atoms with Gasteiger partial charge in [0.1, 0.15) is 0 Å². The Morgan fingerprint density at radius 2 is 1.91 bits per heavy atom. The molecular formula is C16H22N2O4S. The van der Waals surface area contributed by atoms with Crippen LogP contribution in [-0.4, -0.2) is 45.0 Å². The van der Waals surface area contributed by atoms with Gasteiger partial charge in [0.05, 0.1) is 10.9 Å². The van der Waals surface area contributed by atoms with Gasteiger partial charge < -0.3 is 10.2 Å². The molecule has 0 saturated carbocycles. The van der Waals surface area contributed by atoms with Crippen LogP contribution in [0.4, 0.5) is 0 Å². The van der Waals surface area contributed by atoms with Crippen LogP contribution >= 0.6 is 0 Å². The zero-order valence-corrected chi connectivity index (χ0v) is 14.4. The molecule has 1 heterocycles. The van der Waals surface area contributed by atoms with Crippen LogP contribution in [0.15, 0.2) is 29.2 Å². The van der Waals surface area contributed by atoms with Crippen LogP contribution in [0.1, 0.15) is 31.4 Å². The van der Waals surface area contributed by atoms with E-state index in [1.165, 1.54) is 12.1 Å². The van der Waals surface area contributed by atoms with E-state index in [2.05, 4.69) is 5.32 Å². The van der Waals surface area contributed by atoms with Gasteiger partial charge in [-0.15, -0.1) is 0 Å². The van der Waals surface area contributed by atoms with Crippen molar-refractivity contribution in [3.63, 3.8) is 0 Å². The van der Waals surface area contributed by atoms with E-state index in [9.17, 15) is 18.0 Å². The Hall–Kier alpha value is -1.89. The first-order valence-electron chi connectivity index (χ1n) is 7.53. The third-order valence-corrected chi connectivity index (χ3v) is 5.33. The molecule has 2 rings (SSSR count). The van der Waals surface area contributed by atoms with Crippen LogP contribution in [0, 0.1) is 5.92 Å². The van der Waals surface area contributed by atoms with Gasteiger partial charge in [0.25, 0.3) is 0 Å². The maximum absolute atomic E-state index is 12.3. The predicted molar refractivity (Wildman–Crippen MR) is 86.5 cm³/mol. The molecule has 1 aliphatic rings. The maximum Gasteiger partial charge on any atom is 0.224 e. The van der Waals surface area contributed by atoms with Crippen molar-refractivity contribution in [2.45, 2.75) is 30.7 Å². The average Bonchev–Trinajstić information content (AvgIpc) is 2.49. The van der Waals surface area contributed by atoms with Crippen molar-refractivity contribution in [2.75, 3.05) is 19.8 Å². The molecule has 0 bridgehead atoms. The van der Waals surface area contributed by atoms with E-state index in [-0.39, 0.29) is 35.1 Å². The quantitative estimate of drug-likeness (QED) is 0.892. The first-order chi connectivity index (χ1) is 10.7. The smallest absolute Gasteiger partial charge is 0.224 e. The summed E-state index contributed by atoms with van der Waals surface area (Å²) in [5.74, 6) is -0.441. The minimum atomic E-state index is -3.23. The van der Waals surface area contributed by atoms with E-state index in [0.29, 0.717) is 13.0 Å². The lowest BCUT2D eigenvalue weighted by Gasteiger charge is -2.28. The number of carbonyl (C=O) groups is 2. The second-order valence-electron chi connectivity index (χ2n) is 6.08. The average molecular weight is 338 g/mol. The highest BCUT2D eigenvalue weighted by Gasteiger charge is 2.29. The van der Waals surface area contributed by atoms with E-state index < -0.39 is 9.84 Å². The van der Waals surface area contributed by atoms with Gasteiger partial charge >= 0.3 is 0 Å². The fourth-order valence-corrected chi connectivity index (χ4v) is 3.22. The van der Waals surface area contributed by atoms with Gasteiger partial charge in [0.2, 0.25) is 11.8 Å². The van der Waals surface area contributed by atoms with E-state index in [0.717, 1.165) is 11.8 Å². The predicted octanol–water partition coefficient (Wildman–Crippen LogP) is 1.14. The Kier molecular flexibility index (Phi) is 5.09. The van der Waals surface area contributed by atoms with Crippen LogP contribution in [-0.2, 0) is 19.4 Å². The van der Waals surface area contributed by atoms with Gasteiger partial charge in [-0.1, -0.05) is 12.1 Å². The molecule has 0 aromatic heterocycles. The molecule has 0 aliphatic carbocycles. The molecule has 1 aromatic rings. The highest BCUT2D eigenvalue weighted by molar-refractivity contribution is 7.90. The minimum absolute atomic E-state index is 0.0124. The topological polar surface area (TPSA) is 83.6 Å². The van der Waals surface area contributed by atoms with Gasteiger partial charge in [-0.3, -0.25) is 9.59 Å². The van der Waals surface area contributed by atoms with Gasteiger partial charge in [-0.25, -0.2) is 8.42 Å². The molecule has 1 aromatic carbocycles. The summed E-state index contributed by atoms with van der Waals surface area (Å²) in [5.41, 5.74) is 0.824. The molecule has 7 heteroatoms.